The van der Waals surface area contributed by atoms with Gasteiger partial charge in [0.1, 0.15) is 0 Å². The van der Waals surface area contributed by atoms with Crippen LogP contribution >= 0.6 is 0 Å². The summed E-state index contributed by atoms with van der Waals surface area (Å²) >= 11 is 0. The monoisotopic (exact) mass is 452 g/mol. The molecule has 2 aromatic carbocycles. The fraction of sp³-hybridized carbons (Fsp3) is 0.200. The van der Waals surface area contributed by atoms with E-state index < -0.39 is 11.0 Å². The predicted octanol–water partition coefficient (Wildman–Crippen LogP) is 3.88. The van der Waals surface area contributed by atoms with Gasteiger partial charge in [-0.15, -0.1) is 5.10 Å². The number of rotatable bonds is 4. The predicted molar refractivity (Wildman–Crippen MR) is 123 cm³/mol. The van der Waals surface area contributed by atoms with Gasteiger partial charge >= 0.3 is 0 Å². The molecule has 2 aromatic heterocycles. The fourth-order valence-electron chi connectivity index (χ4n) is 5.75. The quantitative estimate of drug-likeness (QED) is 0.357. The largest absolute Gasteiger partial charge is 0.293 e. The molecular weight excluding hydrogens is 432 g/mol. The van der Waals surface area contributed by atoms with Gasteiger partial charge < -0.3 is 0 Å². The van der Waals surface area contributed by atoms with E-state index in [1.807, 2.05) is 48.5 Å². The van der Waals surface area contributed by atoms with Crippen LogP contribution in [0.15, 0.2) is 73.1 Å². The first-order chi connectivity index (χ1) is 16.4. The summed E-state index contributed by atoms with van der Waals surface area (Å²) in [6, 6.07) is 18.3. The highest BCUT2D eigenvalue weighted by molar-refractivity contribution is 5.96. The van der Waals surface area contributed by atoms with Crippen molar-refractivity contribution in [3.63, 3.8) is 0 Å². The number of nitrogens with zero attached hydrogens (tertiary/aromatic N) is 4. The van der Waals surface area contributed by atoms with E-state index in [0.717, 1.165) is 16.7 Å². The summed E-state index contributed by atoms with van der Waals surface area (Å²) in [6.07, 6.45) is 3.32. The van der Waals surface area contributed by atoms with Gasteiger partial charge in [0, 0.05) is 46.3 Å². The van der Waals surface area contributed by atoms with E-state index in [-0.39, 0.29) is 29.1 Å². The van der Waals surface area contributed by atoms with E-state index in [2.05, 4.69) is 25.5 Å². The summed E-state index contributed by atoms with van der Waals surface area (Å²) < 4.78 is 0. The number of aromatic amines is 1. The molecule has 4 aromatic rings. The highest BCUT2D eigenvalue weighted by Gasteiger charge is 2.67. The number of anilines is 1. The molecule has 9 heteroatoms. The van der Waals surface area contributed by atoms with Crippen LogP contribution in [-0.4, -0.2) is 31.0 Å². The van der Waals surface area contributed by atoms with Crippen molar-refractivity contribution in [1.29, 1.82) is 0 Å². The molecule has 7 rings (SSSR count). The first-order valence-electron chi connectivity index (χ1n) is 10.9. The Morgan fingerprint density at radius 3 is 2.29 bits per heavy atom. The minimum absolute atomic E-state index is 0.0408. The molecule has 9 nitrogen and oxygen atoms in total. The number of H-pyrrole nitrogens is 1. The zero-order chi connectivity index (χ0) is 23.5. The Balaban J connectivity index is 1.44. The van der Waals surface area contributed by atoms with Gasteiger partial charge in [-0.05, 0) is 30.2 Å². The van der Waals surface area contributed by atoms with Crippen molar-refractivity contribution in [2.75, 3.05) is 5.32 Å². The normalized spacial score (nSPS) is 24.2. The third-order valence-electron chi connectivity index (χ3n) is 7.19. The van der Waals surface area contributed by atoms with Crippen LogP contribution in [0.4, 0.5) is 5.95 Å². The van der Waals surface area contributed by atoms with Crippen molar-refractivity contribution in [1.82, 2.24) is 20.2 Å². The Labute approximate surface area is 194 Å². The van der Waals surface area contributed by atoms with E-state index in [9.17, 15) is 14.9 Å². The molecule has 0 unspecified atom stereocenters. The van der Waals surface area contributed by atoms with E-state index in [1.54, 1.807) is 31.5 Å². The molecule has 34 heavy (non-hydrogen) atoms. The molecule has 0 fully saturated rings. The Morgan fingerprint density at radius 1 is 1.06 bits per heavy atom. The Kier molecular flexibility index (Phi) is 4.19. The molecule has 2 heterocycles. The van der Waals surface area contributed by atoms with Gasteiger partial charge in [-0.3, -0.25) is 30.3 Å². The Hall–Kier alpha value is -4.40. The van der Waals surface area contributed by atoms with Gasteiger partial charge in [0.25, 0.3) is 5.54 Å². The molecule has 168 valence electrons. The van der Waals surface area contributed by atoms with Crippen LogP contribution in [0.2, 0.25) is 0 Å². The second-order valence-corrected chi connectivity index (χ2v) is 9.02. The second kappa shape index (κ2) is 7.05. The lowest BCUT2D eigenvalue weighted by molar-refractivity contribution is -0.573. The number of pyridine rings is 1. The number of nitrogens with one attached hydrogen (secondary N) is 2. The fourth-order valence-corrected chi connectivity index (χ4v) is 5.75. The molecule has 3 aliphatic rings. The summed E-state index contributed by atoms with van der Waals surface area (Å²) in [5.41, 5.74) is 1.13. The number of fused-ring (bicyclic) bond motifs is 1. The topological polar surface area (TPSA) is 127 Å². The maximum atomic E-state index is 13.8. The maximum Gasteiger partial charge on any atom is 0.273 e. The van der Waals surface area contributed by atoms with Crippen molar-refractivity contribution in [3.8, 4) is 11.4 Å². The first-order valence-corrected chi connectivity index (χ1v) is 10.9. The van der Waals surface area contributed by atoms with Gasteiger partial charge in [-0.2, -0.15) is 4.98 Å². The maximum absolute atomic E-state index is 13.8. The minimum atomic E-state index is -1.50. The lowest BCUT2D eigenvalue weighted by Crippen LogP contribution is -2.57. The highest BCUT2D eigenvalue weighted by Crippen LogP contribution is 2.63. The van der Waals surface area contributed by atoms with Gasteiger partial charge in [0.15, 0.2) is 5.82 Å². The van der Waals surface area contributed by atoms with Crippen LogP contribution in [0.25, 0.3) is 11.4 Å². The van der Waals surface area contributed by atoms with E-state index in [0.29, 0.717) is 17.0 Å². The summed E-state index contributed by atoms with van der Waals surface area (Å²) in [5.74, 6) is -0.0741. The number of carbonyl (C=O) groups excluding carboxylic acids is 1. The number of benzene rings is 2. The number of hydrogen-bond donors (Lipinski definition) is 2. The number of carbonyl (C=O) groups is 1. The molecule has 0 aliphatic heterocycles. The first kappa shape index (κ1) is 20.2. The van der Waals surface area contributed by atoms with E-state index >= 15 is 0 Å². The number of aromatic nitrogens is 4. The summed E-state index contributed by atoms with van der Waals surface area (Å²) in [5, 5.41) is 22.5. The zero-order valence-corrected chi connectivity index (χ0v) is 18.2. The number of nitro groups is 1. The number of amides is 1. The second-order valence-electron chi connectivity index (χ2n) is 9.02. The van der Waals surface area contributed by atoms with Gasteiger partial charge in [0.05, 0.1) is 5.41 Å². The minimum Gasteiger partial charge on any atom is -0.293 e. The molecule has 0 spiro atoms. The van der Waals surface area contributed by atoms with E-state index in [4.69, 9.17) is 0 Å². The molecular formula is C25H20N6O3. The van der Waals surface area contributed by atoms with Crippen molar-refractivity contribution in [3.05, 3.63) is 105 Å². The van der Waals surface area contributed by atoms with Gasteiger partial charge in [0.2, 0.25) is 11.9 Å². The van der Waals surface area contributed by atoms with Gasteiger partial charge in [-0.25, -0.2) is 0 Å². The smallest absolute Gasteiger partial charge is 0.273 e. The Morgan fingerprint density at radius 2 is 1.68 bits per heavy atom. The summed E-state index contributed by atoms with van der Waals surface area (Å²) in [4.78, 5) is 34.6. The third-order valence-corrected chi connectivity index (χ3v) is 7.19. The standard InChI is InChI=1S/C25H20N6O3/c1-24(22(32)28-23-27-21(29-30-23)15-10-12-26-13-11-15)14-25(31(33)34)18-8-4-2-6-16(18)20(24)17-7-3-5-9-19(17)25/h2-13,20H,14H2,1H3,(H2,27,28,29,30,32)/t20?,24-,25?/m0/s1. The SMILES string of the molecule is C[C@]1(C(=O)Nc2n[nH]c(-c3ccncc3)n2)CC2([N+](=O)[O-])c3ccccc3C1c1ccccc12. The number of hydrogen-bond acceptors (Lipinski definition) is 6. The molecule has 2 bridgehead atoms. The summed E-state index contributed by atoms with van der Waals surface area (Å²) in [6.45, 7) is 1.80. The zero-order valence-electron chi connectivity index (χ0n) is 18.2. The van der Waals surface area contributed by atoms with Crippen LogP contribution in [0, 0.1) is 15.5 Å². The molecule has 0 saturated heterocycles. The molecule has 2 N–H and O–H groups in total. The van der Waals surface area contributed by atoms with E-state index in [1.165, 1.54) is 0 Å². The van der Waals surface area contributed by atoms with Gasteiger partial charge in [-0.1, -0.05) is 48.5 Å². The average molecular weight is 452 g/mol. The van der Waals surface area contributed by atoms with Crippen molar-refractivity contribution < 1.29 is 9.72 Å². The molecule has 0 saturated carbocycles. The average Bonchev–Trinajstić information content (AvgIpc) is 3.33. The highest BCUT2D eigenvalue weighted by atomic mass is 16.6. The Bertz CT molecular complexity index is 1400. The van der Waals surface area contributed by atoms with Crippen molar-refractivity contribution in [2.45, 2.75) is 24.8 Å². The molecule has 0 radical (unpaired) electrons. The third kappa shape index (κ3) is 2.60. The summed E-state index contributed by atoms with van der Waals surface area (Å²) in [7, 11) is 0. The van der Waals surface area contributed by atoms with Crippen LogP contribution in [0.5, 0.6) is 0 Å². The molecule has 1 atom stereocenters. The molecule has 1 amide bonds. The lowest BCUT2D eigenvalue weighted by atomic mass is 9.49. The van der Waals surface area contributed by atoms with Crippen molar-refractivity contribution >= 4 is 11.9 Å². The van der Waals surface area contributed by atoms with Crippen LogP contribution < -0.4 is 5.32 Å². The molecule has 3 aliphatic carbocycles. The van der Waals surface area contributed by atoms with Crippen LogP contribution in [-0.2, 0) is 10.3 Å². The van der Waals surface area contributed by atoms with Crippen LogP contribution in [0.1, 0.15) is 41.5 Å². The van der Waals surface area contributed by atoms with Crippen LogP contribution in [0.3, 0.4) is 0 Å². The lowest BCUT2D eigenvalue weighted by Gasteiger charge is -2.52. The van der Waals surface area contributed by atoms with Crippen molar-refractivity contribution in [2.24, 2.45) is 5.41 Å².